The first-order valence-electron chi connectivity index (χ1n) is 10.6. The van der Waals surface area contributed by atoms with Crippen LogP contribution >= 0.6 is 0 Å². The van der Waals surface area contributed by atoms with Crippen molar-refractivity contribution < 1.29 is 33.4 Å². The molecule has 0 spiro atoms. The first kappa shape index (κ1) is 23.8. The standard InChI is InChI=1S/C24H26N2O7/c1-5-32-20-12-15(10-11-19(20)31-4)18(13-21(28)33-6-2)26-23(29)16-8-7-9-17(25-14(3)27)22(16)24(26)30/h7-12,18H,5-6,13H2,1-4H3,(H,25,27). The van der Waals surface area contributed by atoms with Crippen LogP contribution in [0.4, 0.5) is 5.69 Å². The zero-order valence-electron chi connectivity index (χ0n) is 19.0. The molecule has 0 fully saturated rings. The van der Waals surface area contributed by atoms with Gasteiger partial charge in [-0.2, -0.15) is 0 Å². The Bertz CT molecular complexity index is 1100. The van der Waals surface area contributed by atoms with Gasteiger partial charge in [0.2, 0.25) is 5.91 Å². The molecule has 2 aromatic rings. The van der Waals surface area contributed by atoms with E-state index in [0.717, 1.165) is 4.90 Å². The summed E-state index contributed by atoms with van der Waals surface area (Å²) in [6, 6.07) is 8.66. The third-order valence-corrected chi connectivity index (χ3v) is 5.11. The maximum atomic E-state index is 13.4. The van der Waals surface area contributed by atoms with Crippen molar-refractivity contribution in [2.75, 3.05) is 25.6 Å². The maximum absolute atomic E-state index is 13.4. The lowest BCUT2D eigenvalue weighted by molar-refractivity contribution is -0.144. The van der Waals surface area contributed by atoms with Crippen molar-refractivity contribution in [3.8, 4) is 11.5 Å². The highest BCUT2D eigenvalue weighted by Gasteiger charge is 2.43. The van der Waals surface area contributed by atoms with E-state index < -0.39 is 23.8 Å². The second kappa shape index (κ2) is 10.2. The monoisotopic (exact) mass is 454 g/mol. The van der Waals surface area contributed by atoms with Crippen LogP contribution in [0.2, 0.25) is 0 Å². The van der Waals surface area contributed by atoms with Gasteiger partial charge in [0.25, 0.3) is 11.8 Å². The van der Waals surface area contributed by atoms with Gasteiger partial charge in [0.05, 0.1) is 49.6 Å². The number of anilines is 1. The summed E-state index contributed by atoms with van der Waals surface area (Å²) in [6.07, 6.45) is -0.243. The summed E-state index contributed by atoms with van der Waals surface area (Å²) in [5, 5.41) is 2.59. The first-order valence-corrected chi connectivity index (χ1v) is 10.6. The summed E-state index contributed by atoms with van der Waals surface area (Å²) in [5.74, 6) is -1.21. The number of esters is 1. The van der Waals surface area contributed by atoms with Gasteiger partial charge in [-0.15, -0.1) is 0 Å². The normalized spacial score (nSPS) is 13.4. The molecule has 9 nitrogen and oxygen atoms in total. The lowest BCUT2D eigenvalue weighted by Gasteiger charge is -2.26. The van der Waals surface area contributed by atoms with Crippen molar-refractivity contribution in [1.82, 2.24) is 4.90 Å². The number of amides is 3. The third kappa shape index (κ3) is 4.82. The van der Waals surface area contributed by atoms with Crippen LogP contribution in [0.3, 0.4) is 0 Å². The molecule has 0 aliphatic carbocycles. The van der Waals surface area contributed by atoms with Gasteiger partial charge in [-0.3, -0.25) is 24.1 Å². The highest BCUT2D eigenvalue weighted by molar-refractivity contribution is 6.24. The molecule has 2 aromatic carbocycles. The molecule has 1 atom stereocenters. The molecule has 0 bridgehead atoms. The van der Waals surface area contributed by atoms with Crippen LogP contribution in [-0.4, -0.2) is 48.9 Å². The molecule has 0 saturated carbocycles. The van der Waals surface area contributed by atoms with E-state index in [4.69, 9.17) is 14.2 Å². The zero-order valence-corrected chi connectivity index (χ0v) is 19.0. The number of carbonyl (C=O) groups excluding carboxylic acids is 4. The molecular formula is C24H26N2O7. The van der Waals surface area contributed by atoms with E-state index in [1.165, 1.54) is 20.1 Å². The van der Waals surface area contributed by atoms with E-state index in [0.29, 0.717) is 23.7 Å². The Balaban J connectivity index is 2.09. The van der Waals surface area contributed by atoms with Crippen LogP contribution in [0.5, 0.6) is 11.5 Å². The van der Waals surface area contributed by atoms with E-state index in [1.807, 2.05) is 6.92 Å². The minimum Gasteiger partial charge on any atom is -0.493 e. The predicted molar refractivity (Wildman–Crippen MR) is 119 cm³/mol. The van der Waals surface area contributed by atoms with Gasteiger partial charge in [-0.25, -0.2) is 0 Å². The van der Waals surface area contributed by atoms with E-state index in [2.05, 4.69) is 5.32 Å². The molecule has 33 heavy (non-hydrogen) atoms. The molecule has 1 N–H and O–H groups in total. The quantitative estimate of drug-likeness (QED) is 0.457. The fourth-order valence-corrected chi connectivity index (χ4v) is 3.79. The van der Waals surface area contributed by atoms with Gasteiger partial charge < -0.3 is 19.5 Å². The van der Waals surface area contributed by atoms with Crippen molar-refractivity contribution >= 4 is 29.4 Å². The Morgan fingerprint density at radius 1 is 1.03 bits per heavy atom. The molecule has 9 heteroatoms. The number of methoxy groups -OCH3 is 1. The van der Waals surface area contributed by atoms with E-state index >= 15 is 0 Å². The number of benzene rings is 2. The topological polar surface area (TPSA) is 111 Å². The minimum absolute atomic E-state index is 0.0881. The van der Waals surface area contributed by atoms with Crippen LogP contribution in [0.25, 0.3) is 0 Å². The molecular weight excluding hydrogens is 428 g/mol. The van der Waals surface area contributed by atoms with Crippen molar-refractivity contribution in [3.63, 3.8) is 0 Å². The van der Waals surface area contributed by atoms with Crippen molar-refractivity contribution in [2.45, 2.75) is 33.2 Å². The Morgan fingerprint density at radius 2 is 1.79 bits per heavy atom. The minimum atomic E-state index is -0.952. The number of hydrogen-bond donors (Lipinski definition) is 1. The Kier molecular flexibility index (Phi) is 7.32. The number of rotatable bonds is 9. The molecule has 1 heterocycles. The smallest absolute Gasteiger partial charge is 0.308 e. The molecule has 3 amide bonds. The highest BCUT2D eigenvalue weighted by atomic mass is 16.5. The number of ether oxygens (including phenoxy) is 3. The molecule has 0 aromatic heterocycles. The average molecular weight is 454 g/mol. The molecule has 0 saturated heterocycles. The van der Waals surface area contributed by atoms with E-state index in [1.54, 1.807) is 37.3 Å². The fraction of sp³-hybridized carbons (Fsp3) is 0.333. The molecule has 1 aliphatic rings. The van der Waals surface area contributed by atoms with Gasteiger partial charge in [0, 0.05) is 6.92 Å². The summed E-state index contributed by atoms with van der Waals surface area (Å²) < 4.78 is 16.1. The Labute approximate surface area is 191 Å². The van der Waals surface area contributed by atoms with Gasteiger partial charge >= 0.3 is 5.97 Å². The Hall–Kier alpha value is -3.88. The largest absolute Gasteiger partial charge is 0.493 e. The summed E-state index contributed by atoms with van der Waals surface area (Å²) in [7, 11) is 1.50. The van der Waals surface area contributed by atoms with Crippen molar-refractivity contribution in [2.24, 2.45) is 0 Å². The van der Waals surface area contributed by atoms with E-state index in [9.17, 15) is 19.2 Å². The number of imide groups is 1. The number of fused-ring (bicyclic) bond motifs is 1. The number of hydrogen-bond acceptors (Lipinski definition) is 7. The van der Waals surface area contributed by atoms with Gasteiger partial charge in [-0.1, -0.05) is 12.1 Å². The molecule has 174 valence electrons. The summed E-state index contributed by atoms with van der Waals surface area (Å²) in [6.45, 7) is 5.34. The van der Waals surface area contributed by atoms with Crippen molar-refractivity contribution in [1.29, 1.82) is 0 Å². The number of carbonyl (C=O) groups is 4. The van der Waals surface area contributed by atoms with Gasteiger partial charge in [-0.05, 0) is 43.7 Å². The lowest BCUT2D eigenvalue weighted by Crippen LogP contribution is -2.35. The zero-order chi connectivity index (χ0) is 24.1. The SMILES string of the molecule is CCOC(=O)CC(c1ccc(OC)c(OCC)c1)N1C(=O)c2cccc(NC(C)=O)c2C1=O. The predicted octanol–water partition coefficient (Wildman–Crippen LogP) is 3.34. The first-order chi connectivity index (χ1) is 15.8. The molecule has 3 rings (SSSR count). The molecule has 1 unspecified atom stereocenters. The fourth-order valence-electron chi connectivity index (χ4n) is 3.79. The summed E-state index contributed by atoms with van der Waals surface area (Å²) in [4.78, 5) is 51.8. The maximum Gasteiger partial charge on any atom is 0.308 e. The lowest BCUT2D eigenvalue weighted by atomic mass is 10.0. The summed E-state index contributed by atoms with van der Waals surface area (Å²) in [5.41, 5.74) is 0.979. The molecule has 0 radical (unpaired) electrons. The highest BCUT2D eigenvalue weighted by Crippen LogP contribution is 2.39. The summed E-state index contributed by atoms with van der Waals surface area (Å²) >= 11 is 0. The second-order valence-corrected chi connectivity index (χ2v) is 7.26. The Morgan fingerprint density at radius 3 is 2.42 bits per heavy atom. The van der Waals surface area contributed by atoms with E-state index in [-0.39, 0.29) is 35.7 Å². The van der Waals surface area contributed by atoms with Crippen LogP contribution in [0.1, 0.15) is 59.5 Å². The number of nitrogens with zero attached hydrogens (tertiary/aromatic N) is 1. The number of nitrogens with one attached hydrogen (secondary N) is 1. The second-order valence-electron chi connectivity index (χ2n) is 7.26. The third-order valence-electron chi connectivity index (χ3n) is 5.11. The molecule has 1 aliphatic heterocycles. The van der Waals surface area contributed by atoms with Crippen LogP contribution in [0, 0.1) is 0 Å². The van der Waals surface area contributed by atoms with Crippen LogP contribution in [-0.2, 0) is 14.3 Å². The van der Waals surface area contributed by atoms with Gasteiger partial charge in [0.1, 0.15) is 0 Å². The average Bonchev–Trinajstić information content (AvgIpc) is 3.03. The van der Waals surface area contributed by atoms with Crippen LogP contribution < -0.4 is 14.8 Å². The van der Waals surface area contributed by atoms with Crippen molar-refractivity contribution in [3.05, 3.63) is 53.1 Å². The van der Waals surface area contributed by atoms with Gasteiger partial charge in [0.15, 0.2) is 11.5 Å². The van der Waals surface area contributed by atoms with Crippen LogP contribution in [0.15, 0.2) is 36.4 Å².